The highest BCUT2D eigenvalue weighted by Gasteiger charge is 2.18. The predicted octanol–water partition coefficient (Wildman–Crippen LogP) is 0.928. The third-order valence-corrected chi connectivity index (χ3v) is 3.89. The quantitative estimate of drug-likeness (QED) is 0.818. The minimum Gasteiger partial charge on any atom is -0.252 e. The van der Waals surface area contributed by atoms with E-state index in [4.69, 9.17) is 0 Å². The van der Waals surface area contributed by atoms with Crippen LogP contribution in [0.4, 0.5) is 4.39 Å². The zero-order valence-electron chi connectivity index (χ0n) is 9.04. The fourth-order valence-electron chi connectivity index (χ4n) is 1.36. The van der Waals surface area contributed by atoms with Crippen LogP contribution >= 0.6 is 0 Å². The number of benzene rings is 1. The van der Waals surface area contributed by atoms with Crippen molar-refractivity contribution in [3.8, 4) is 0 Å². The lowest BCUT2D eigenvalue weighted by Crippen LogP contribution is -2.10. The molecular weight excluding hydrogens is 245 g/mol. The van der Waals surface area contributed by atoms with Crippen molar-refractivity contribution < 1.29 is 12.8 Å². The van der Waals surface area contributed by atoms with Crippen LogP contribution in [0.2, 0.25) is 0 Å². The number of sulfone groups is 1. The number of hydrogen-bond acceptors (Lipinski definition) is 4. The third kappa shape index (κ3) is 2.50. The van der Waals surface area contributed by atoms with Crippen molar-refractivity contribution in [2.75, 3.05) is 0 Å². The molecule has 0 unspecified atom stereocenters. The van der Waals surface area contributed by atoms with E-state index in [1.807, 2.05) is 0 Å². The maximum atomic E-state index is 13.0. The summed E-state index contributed by atoms with van der Waals surface area (Å²) in [5.74, 6) is -0.564. The van der Waals surface area contributed by atoms with Crippen LogP contribution < -0.4 is 0 Å². The highest BCUT2D eigenvalue weighted by molar-refractivity contribution is 7.90. The molecule has 1 aromatic heterocycles. The average Bonchev–Trinajstić information content (AvgIpc) is 2.64. The summed E-state index contributed by atoms with van der Waals surface area (Å²) in [6.07, 6.45) is 1.27. The minimum absolute atomic E-state index is 0.0551. The fraction of sp³-hybridized carbons (Fsp3) is 0.200. The first kappa shape index (κ1) is 11.7. The summed E-state index contributed by atoms with van der Waals surface area (Å²) in [5.41, 5.74) is 0. The SMILES string of the molecule is Cn1ncnc1CS(=O)(=O)c1cccc(F)c1. The first-order chi connectivity index (χ1) is 7.99. The van der Waals surface area contributed by atoms with Crippen molar-refractivity contribution in [3.63, 3.8) is 0 Å². The summed E-state index contributed by atoms with van der Waals surface area (Å²) in [6.45, 7) is 0. The van der Waals surface area contributed by atoms with Gasteiger partial charge in [-0.2, -0.15) is 5.10 Å². The lowest BCUT2D eigenvalue weighted by atomic mass is 10.4. The van der Waals surface area contributed by atoms with E-state index in [1.165, 1.54) is 29.2 Å². The summed E-state index contributed by atoms with van der Waals surface area (Å²) in [4.78, 5) is 3.77. The molecule has 0 amide bonds. The van der Waals surface area contributed by atoms with Crippen molar-refractivity contribution in [1.82, 2.24) is 14.8 Å². The standard InChI is InChI=1S/C10H10FN3O2S/c1-14-10(12-7-13-14)6-17(15,16)9-4-2-3-8(11)5-9/h2-5,7H,6H2,1H3. The molecule has 0 spiro atoms. The average molecular weight is 255 g/mol. The first-order valence-electron chi connectivity index (χ1n) is 4.80. The number of halogens is 1. The number of aromatic nitrogens is 3. The molecule has 0 bridgehead atoms. The van der Waals surface area contributed by atoms with E-state index in [0.717, 1.165) is 6.07 Å². The lowest BCUT2D eigenvalue weighted by Gasteiger charge is -2.03. The van der Waals surface area contributed by atoms with Crippen molar-refractivity contribution >= 4 is 9.84 Å². The van der Waals surface area contributed by atoms with E-state index in [9.17, 15) is 12.8 Å². The van der Waals surface area contributed by atoms with Crippen LogP contribution in [0.25, 0.3) is 0 Å². The molecule has 0 N–H and O–H groups in total. The molecule has 7 heteroatoms. The minimum atomic E-state index is -3.59. The lowest BCUT2D eigenvalue weighted by molar-refractivity contribution is 0.586. The molecule has 2 aromatic rings. The Bertz CT molecular complexity index is 637. The summed E-state index contributed by atoms with van der Waals surface area (Å²) >= 11 is 0. The number of nitrogens with zero attached hydrogens (tertiary/aromatic N) is 3. The molecule has 1 aromatic carbocycles. The molecule has 17 heavy (non-hydrogen) atoms. The highest BCUT2D eigenvalue weighted by atomic mass is 32.2. The molecule has 0 atom stereocenters. The molecule has 0 radical (unpaired) electrons. The summed E-state index contributed by atoms with van der Waals surface area (Å²) in [6, 6.07) is 4.90. The normalized spacial score (nSPS) is 11.6. The first-order valence-corrected chi connectivity index (χ1v) is 6.45. The zero-order chi connectivity index (χ0) is 12.5. The van der Waals surface area contributed by atoms with E-state index < -0.39 is 15.7 Å². The second-order valence-corrected chi connectivity index (χ2v) is 5.51. The molecule has 0 fully saturated rings. The van der Waals surface area contributed by atoms with E-state index in [1.54, 1.807) is 7.05 Å². The molecule has 0 aliphatic carbocycles. The van der Waals surface area contributed by atoms with Crippen molar-refractivity contribution in [2.24, 2.45) is 7.05 Å². The van der Waals surface area contributed by atoms with Crippen LogP contribution in [0, 0.1) is 5.82 Å². The molecule has 0 saturated carbocycles. The Morgan fingerprint density at radius 1 is 1.41 bits per heavy atom. The van der Waals surface area contributed by atoms with E-state index in [0.29, 0.717) is 5.82 Å². The smallest absolute Gasteiger partial charge is 0.185 e. The van der Waals surface area contributed by atoms with Crippen molar-refractivity contribution in [1.29, 1.82) is 0 Å². The molecule has 0 aliphatic rings. The van der Waals surface area contributed by atoms with Crippen LogP contribution in [0.5, 0.6) is 0 Å². The summed E-state index contributed by atoms with van der Waals surface area (Å²) < 4.78 is 38.2. The van der Waals surface area contributed by atoms with Crippen LogP contribution in [-0.2, 0) is 22.6 Å². The van der Waals surface area contributed by atoms with Crippen LogP contribution in [-0.4, -0.2) is 23.2 Å². The zero-order valence-corrected chi connectivity index (χ0v) is 9.85. The van der Waals surface area contributed by atoms with E-state index in [-0.39, 0.29) is 10.6 Å². The van der Waals surface area contributed by atoms with Gasteiger partial charge in [-0.1, -0.05) is 6.07 Å². The second-order valence-electron chi connectivity index (χ2n) is 3.52. The maximum absolute atomic E-state index is 13.0. The van der Waals surface area contributed by atoms with Gasteiger partial charge in [0.25, 0.3) is 0 Å². The van der Waals surface area contributed by atoms with Crippen molar-refractivity contribution in [3.05, 3.63) is 42.2 Å². The van der Waals surface area contributed by atoms with Gasteiger partial charge in [-0.15, -0.1) is 0 Å². The van der Waals surface area contributed by atoms with E-state index in [2.05, 4.69) is 10.1 Å². The van der Waals surface area contributed by atoms with Crippen molar-refractivity contribution in [2.45, 2.75) is 10.6 Å². The Labute approximate surface area is 97.8 Å². The molecule has 1 heterocycles. The van der Waals surface area contributed by atoms with Gasteiger partial charge in [0.2, 0.25) is 0 Å². The van der Waals surface area contributed by atoms with Crippen LogP contribution in [0.15, 0.2) is 35.5 Å². The Balaban J connectivity index is 2.35. The molecular formula is C10H10FN3O2S. The Hall–Kier alpha value is -1.76. The largest absolute Gasteiger partial charge is 0.252 e. The Kier molecular flexibility index (Phi) is 2.93. The van der Waals surface area contributed by atoms with Crippen LogP contribution in [0.1, 0.15) is 5.82 Å². The maximum Gasteiger partial charge on any atom is 0.185 e. The Morgan fingerprint density at radius 3 is 2.76 bits per heavy atom. The van der Waals surface area contributed by atoms with Gasteiger partial charge in [0, 0.05) is 7.05 Å². The van der Waals surface area contributed by atoms with E-state index >= 15 is 0 Å². The monoisotopic (exact) mass is 255 g/mol. The van der Waals surface area contributed by atoms with Gasteiger partial charge in [0.15, 0.2) is 9.84 Å². The van der Waals surface area contributed by atoms with Gasteiger partial charge in [-0.25, -0.2) is 17.8 Å². The molecule has 0 saturated heterocycles. The molecule has 0 aliphatic heterocycles. The highest BCUT2D eigenvalue weighted by Crippen LogP contribution is 2.15. The van der Waals surface area contributed by atoms with Gasteiger partial charge >= 0.3 is 0 Å². The third-order valence-electron chi connectivity index (χ3n) is 2.28. The summed E-state index contributed by atoms with van der Waals surface area (Å²) in [7, 11) is -1.99. The topological polar surface area (TPSA) is 64.8 Å². The van der Waals surface area contributed by atoms with Gasteiger partial charge in [0.1, 0.15) is 23.7 Å². The fourth-order valence-corrected chi connectivity index (χ4v) is 2.71. The predicted molar refractivity (Wildman–Crippen MR) is 58.3 cm³/mol. The number of hydrogen-bond donors (Lipinski definition) is 0. The molecule has 90 valence electrons. The van der Waals surface area contributed by atoms with Crippen LogP contribution in [0.3, 0.4) is 0 Å². The van der Waals surface area contributed by atoms with Gasteiger partial charge in [-0.05, 0) is 18.2 Å². The van der Waals surface area contributed by atoms with Gasteiger partial charge in [-0.3, -0.25) is 4.68 Å². The summed E-state index contributed by atoms with van der Waals surface area (Å²) in [5, 5.41) is 3.78. The molecule has 5 nitrogen and oxygen atoms in total. The van der Waals surface area contributed by atoms with Gasteiger partial charge < -0.3 is 0 Å². The second kappa shape index (κ2) is 4.25. The Morgan fingerprint density at radius 2 is 2.18 bits per heavy atom. The number of aryl methyl sites for hydroxylation is 1. The molecule has 2 rings (SSSR count). The van der Waals surface area contributed by atoms with Gasteiger partial charge in [0.05, 0.1) is 4.90 Å². The number of rotatable bonds is 3.